The van der Waals surface area contributed by atoms with Crippen LogP contribution in [0.3, 0.4) is 0 Å². The molecule has 0 saturated heterocycles. The molecule has 0 aliphatic carbocycles. The van der Waals surface area contributed by atoms with Crippen molar-refractivity contribution >= 4 is 23.2 Å². The molecule has 0 amide bonds. The third kappa shape index (κ3) is 2.23. The minimum Gasteiger partial charge on any atom is -0.262 e. The van der Waals surface area contributed by atoms with Gasteiger partial charge in [-0.1, -0.05) is 0 Å². The molecule has 0 N–H and O–H groups in total. The van der Waals surface area contributed by atoms with E-state index in [0.29, 0.717) is 0 Å². The van der Waals surface area contributed by atoms with Crippen molar-refractivity contribution in [2.75, 3.05) is 0 Å². The Morgan fingerprint density at radius 1 is 1.67 bits per heavy atom. The smallest absolute Gasteiger partial charge is 0.262 e. The Bertz CT molecular complexity index is 62.6. The summed E-state index contributed by atoms with van der Waals surface area (Å²) in [7, 11) is 0. The minimum atomic E-state index is -1.48. The number of alkyl halides is 2. The molecule has 0 aromatic heterocycles. The van der Waals surface area contributed by atoms with Crippen molar-refractivity contribution < 1.29 is 4.92 Å². The van der Waals surface area contributed by atoms with Gasteiger partial charge in [0.05, 0.1) is 4.92 Å². The molecular weight excluding hydrogens is 129 g/mol. The first kappa shape index (κ1) is 5.98. The normalized spacial score (nSPS) is 9.17. The quantitative estimate of drug-likeness (QED) is 0.230. The third-order valence-corrected chi connectivity index (χ3v) is 0.478. The van der Waals surface area contributed by atoms with Crippen molar-refractivity contribution in [1.29, 1.82) is 0 Å². The summed E-state index contributed by atoms with van der Waals surface area (Å²) in [5, 5.41) is 9.24. The maximum Gasteiger partial charge on any atom is 0.361 e. The van der Waals surface area contributed by atoms with E-state index in [4.69, 9.17) is 0 Å². The summed E-state index contributed by atoms with van der Waals surface area (Å²) in [6.07, 6.45) is 0. The highest BCUT2D eigenvalue weighted by atomic mass is 35.5. The van der Waals surface area contributed by atoms with E-state index >= 15 is 0 Å². The lowest BCUT2D eigenvalue weighted by molar-refractivity contribution is -0.475. The molecule has 0 spiro atoms. The van der Waals surface area contributed by atoms with E-state index < -0.39 is 9.88 Å². The van der Waals surface area contributed by atoms with Crippen LogP contribution in [0, 0.1) is 10.1 Å². The fraction of sp³-hybridized carbons (Fsp3) is 1.00. The topological polar surface area (TPSA) is 43.1 Å². The summed E-state index contributed by atoms with van der Waals surface area (Å²) < 4.78 is 0. The molecule has 0 radical (unpaired) electrons. The second kappa shape index (κ2) is 2.21. The standard InChI is InChI=1S/CHCl2NO2/c2-1(3)4(5)6/h1H. The van der Waals surface area contributed by atoms with Gasteiger partial charge in [-0.25, -0.2) is 0 Å². The number of nitrogens with zero attached hydrogens (tertiary/aromatic N) is 1. The van der Waals surface area contributed by atoms with Crippen LogP contribution in [0.2, 0.25) is 0 Å². The second-order valence-electron chi connectivity index (χ2n) is 0.563. The Hall–Kier alpha value is -0.0200. The van der Waals surface area contributed by atoms with Crippen molar-refractivity contribution in [3.8, 4) is 0 Å². The summed E-state index contributed by atoms with van der Waals surface area (Å²) >= 11 is 9.36. The van der Waals surface area contributed by atoms with Gasteiger partial charge in [0.1, 0.15) is 0 Å². The van der Waals surface area contributed by atoms with E-state index in [9.17, 15) is 10.1 Å². The lowest BCUT2D eigenvalue weighted by atomic mass is 11.5. The summed E-state index contributed by atoms with van der Waals surface area (Å²) in [6, 6.07) is 0. The predicted octanol–water partition coefficient (Wildman–Crippen LogP) is 1.02. The zero-order valence-electron chi connectivity index (χ0n) is 2.60. The molecule has 0 saturated carbocycles. The molecule has 6 heavy (non-hydrogen) atoms. The number of halogens is 2. The van der Waals surface area contributed by atoms with Gasteiger partial charge in [0.25, 0.3) is 0 Å². The Morgan fingerprint density at radius 3 is 1.83 bits per heavy atom. The first-order valence-electron chi connectivity index (χ1n) is 1.06. The van der Waals surface area contributed by atoms with E-state index in [-0.39, 0.29) is 0 Å². The Balaban J connectivity index is 3.26. The van der Waals surface area contributed by atoms with Gasteiger partial charge in [0, 0.05) is 0 Å². The predicted molar refractivity (Wildman–Crippen MR) is 22.5 cm³/mol. The number of hydrogen-bond acceptors (Lipinski definition) is 2. The van der Waals surface area contributed by atoms with Crippen molar-refractivity contribution in [3.63, 3.8) is 0 Å². The summed E-state index contributed by atoms with van der Waals surface area (Å²) in [4.78, 5) is 6.96. The molecule has 0 fully saturated rings. The van der Waals surface area contributed by atoms with Gasteiger partial charge in [-0.05, 0) is 23.2 Å². The molecule has 0 aromatic carbocycles. The first-order valence-corrected chi connectivity index (χ1v) is 1.93. The highest BCUT2D eigenvalue weighted by molar-refractivity contribution is 6.42. The van der Waals surface area contributed by atoms with Crippen LogP contribution in [0.1, 0.15) is 0 Å². The molecule has 36 valence electrons. The molecule has 0 aliphatic heterocycles. The van der Waals surface area contributed by atoms with Gasteiger partial charge in [-0.3, -0.25) is 10.1 Å². The van der Waals surface area contributed by atoms with Gasteiger partial charge in [-0.15, -0.1) is 0 Å². The monoisotopic (exact) mass is 129 g/mol. The zero-order valence-corrected chi connectivity index (χ0v) is 4.11. The maximum atomic E-state index is 9.24. The molecule has 0 bridgehead atoms. The Labute approximate surface area is 44.0 Å². The van der Waals surface area contributed by atoms with E-state index in [2.05, 4.69) is 23.2 Å². The Morgan fingerprint density at radius 2 is 1.83 bits per heavy atom. The van der Waals surface area contributed by atoms with Crippen LogP contribution in [0.4, 0.5) is 0 Å². The van der Waals surface area contributed by atoms with Crippen LogP contribution in [0.15, 0.2) is 0 Å². The first-order chi connectivity index (χ1) is 2.64. The lowest BCUT2D eigenvalue weighted by Gasteiger charge is -1.83. The van der Waals surface area contributed by atoms with Crippen LogP contribution >= 0.6 is 23.2 Å². The second-order valence-corrected chi connectivity index (χ2v) is 1.61. The van der Waals surface area contributed by atoms with E-state index in [1.807, 2.05) is 0 Å². The number of hydrogen-bond donors (Lipinski definition) is 0. The van der Waals surface area contributed by atoms with Crippen molar-refractivity contribution in [2.45, 2.75) is 4.96 Å². The van der Waals surface area contributed by atoms with Crippen molar-refractivity contribution in [1.82, 2.24) is 0 Å². The average Bonchev–Trinajstić information content (AvgIpc) is 1.36. The Kier molecular flexibility index (Phi) is 2.20. The SMILES string of the molecule is O=[N+]([O-])C(Cl)Cl. The molecule has 0 unspecified atom stereocenters. The number of rotatable bonds is 1. The molecule has 3 nitrogen and oxygen atoms in total. The summed E-state index contributed by atoms with van der Waals surface area (Å²) in [6.45, 7) is 0. The van der Waals surface area contributed by atoms with Crippen LogP contribution < -0.4 is 0 Å². The number of nitro groups is 1. The molecular formula is CHCl2NO2. The molecule has 0 aromatic rings. The van der Waals surface area contributed by atoms with Gasteiger partial charge < -0.3 is 0 Å². The van der Waals surface area contributed by atoms with Gasteiger partial charge in [0.15, 0.2) is 0 Å². The lowest BCUT2D eigenvalue weighted by Crippen LogP contribution is -2.01. The average molecular weight is 130 g/mol. The van der Waals surface area contributed by atoms with Crippen molar-refractivity contribution in [3.05, 3.63) is 10.1 Å². The van der Waals surface area contributed by atoms with Gasteiger partial charge in [0.2, 0.25) is 0 Å². The zero-order chi connectivity index (χ0) is 5.15. The molecule has 0 rings (SSSR count). The van der Waals surface area contributed by atoms with Crippen LogP contribution in [0.5, 0.6) is 0 Å². The maximum absolute atomic E-state index is 9.24. The van der Waals surface area contributed by atoms with Gasteiger partial charge >= 0.3 is 4.96 Å². The van der Waals surface area contributed by atoms with Gasteiger partial charge in [-0.2, -0.15) is 0 Å². The van der Waals surface area contributed by atoms with Crippen LogP contribution in [-0.4, -0.2) is 9.88 Å². The summed E-state index contributed by atoms with van der Waals surface area (Å²) in [5.41, 5.74) is 0. The summed E-state index contributed by atoms with van der Waals surface area (Å²) in [5.74, 6) is 0. The van der Waals surface area contributed by atoms with E-state index in [1.165, 1.54) is 0 Å². The van der Waals surface area contributed by atoms with Crippen molar-refractivity contribution in [2.24, 2.45) is 0 Å². The largest absolute Gasteiger partial charge is 0.361 e. The minimum absolute atomic E-state index is 0.802. The molecule has 0 aliphatic rings. The third-order valence-electron chi connectivity index (χ3n) is 0.159. The van der Waals surface area contributed by atoms with Crippen LogP contribution in [-0.2, 0) is 0 Å². The molecule has 0 atom stereocenters. The fourth-order valence-electron chi connectivity index (χ4n) is 0. The van der Waals surface area contributed by atoms with E-state index in [1.54, 1.807) is 0 Å². The highest BCUT2D eigenvalue weighted by Crippen LogP contribution is 1.99. The molecule has 0 heterocycles. The fourth-order valence-corrected chi connectivity index (χ4v) is 0. The van der Waals surface area contributed by atoms with Crippen LogP contribution in [0.25, 0.3) is 0 Å². The van der Waals surface area contributed by atoms with E-state index in [0.717, 1.165) is 0 Å². The molecule has 5 heteroatoms. The highest BCUT2D eigenvalue weighted by Gasteiger charge is 2.06.